The first kappa shape index (κ1) is 29.1. The number of hydrogen-bond acceptors (Lipinski definition) is 5. The molecular weight excluding hydrogens is 556 g/mol. The molecule has 230 valence electrons. The van der Waals surface area contributed by atoms with Crippen LogP contribution in [0.4, 0.5) is 0 Å². The quantitative estimate of drug-likeness (QED) is 0.361. The van der Waals surface area contributed by atoms with Gasteiger partial charge in [-0.1, -0.05) is 31.0 Å². The minimum Gasteiger partial charge on any atom is -0.378 e. The number of amides is 2. The molecule has 43 heavy (non-hydrogen) atoms. The minimum atomic E-state index is 0.00170. The molecule has 2 bridgehead atoms. The van der Waals surface area contributed by atoms with Crippen LogP contribution in [0, 0.1) is 31.6 Å². The van der Waals surface area contributed by atoms with E-state index in [-0.39, 0.29) is 23.2 Å². The van der Waals surface area contributed by atoms with E-state index in [0.29, 0.717) is 31.1 Å². The number of hydrogen-bond donors (Lipinski definition) is 2. The lowest BCUT2D eigenvalue weighted by Gasteiger charge is -2.29. The molecule has 4 aliphatic rings. The SMILES string of the molecule is Cc1cc(C)cc(-c2[nH]c3sc(C(C)(C)CC4C5CCC4C(=O)N5)cc3c2CCN2CCC(C(=O)N3CCOCC3)C2)c1. The third kappa shape index (κ3) is 5.55. The number of carbonyl (C=O) groups excluding carboxylic acids is 2. The summed E-state index contributed by atoms with van der Waals surface area (Å²) < 4.78 is 5.46. The van der Waals surface area contributed by atoms with Gasteiger partial charge in [0.15, 0.2) is 0 Å². The van der Waals surface area contributed by atoms with Gasteiger partial charge in [0.05, 0.1) is 24.8 Å². The number of aromatic nitrogens is 1. The summed E-state index contributed by atoms with van der Waals surface area (Å²) in [5, 5.41) is 4.58. The Morgan fingerprint density at radius 2 is 1.81 bits per heavy atom. The smallest absolute Gasteiger partial charge is 0.227 e. The summed E-state index contributed by atoms with van der Waals surface area (Å²) in [5.74, 6) is 1.32. The second kappa shape index (κ2) is 11.4. The Bertz CT molecular complexity index is 1510. The van der Waals surface area contributed by atoms with Crippen LogP contribution in [0.1, 0.15) is 61.1 Å². The van der Waals surface area contributed by atoms with E-state index in [2.05, 4.69) is 67.2 Å². The zero-order valence-corrected chi connectivity index (χ0v) is 26.9. The molecule has 1 saturated carbocycles. The zero-order valence-electron chi connectivity index (χ0n) is 26.1. The lowest BCUT2D eigenvalue weighted by molar-refractivity contribution is -0.139. The molecule has 1 aliphatic carbocycles. The number of aryl methyl sites for hydroxylation is 2. The van der Waals surface area contributed by atoms with Crippen LogP contribution in [0.15, 0.2) is 24.3 Å². The molecule has 5 heterocycles. The highest BCUT2D eigenvalue weighted by molar-refractivity contribution is 7.18. The Kier molecular flexibility index (Phi) is 7.67. The summed E-state index contributed by atoms with van der Waals surface area (Å²) in [6.45, 7) is 14.6. The third-order valence-corrected chi connectivity index (χ3v) is 12.0. The van der Waals surface area contributed by atoms with Gasteiger partial charge in [-0.3, -0.25) is 9.59 Å². The van der Waals surface area contributed by atoms with Gasteiger partial charge >= 0.3 is 0 Å². The number of rotatable bonds is 8. The van der Waals surface area contributed by atoms with Gasteiger partial charge in [0.25, 0.3) is 0 Å². The van der Waals surface area contributed by atoms with Crippen LogP contribution in [0.5, 0.6) is 0 Å². The second-order valence-corrected chi connectivity index (χ2v) is 15.3. The maximum absolute atomic E-state index is 13.2. The normalized spacial score (nSPS) is 26.1. The summed E-state index contributed by atoms with van der Waals surface area (Å²) >= 11 is 1.89. The molecular formula is C35H46N4O3S. The Balaban J connectivity index is 1.13. The summed E-state index contributed by atoms with van der Waals surface area (Å²) in [5.41, 5.74) is 6.44. The van der Waals surface area contributed by atoms with E-state index in [4.69, 9.17) is 4.74 Å². The maximum atomic E-state index is 13.2. The zero-order chi connectivity index (χ0) is 29.9. The van der Waals surface area contributed by atoms with Crippen molar-refractivity contribution in [2.75, 3.05) is 45.9 Å². The molecule has 3 aromatic rings. The van der Waals surface area contributed by atoms with Crippen molar-refractivity contribution < 1.29 is 14.3 Å². The lowest BCUT2D eigenvalue weighted by Crippen LogP contribution is -2.44. The molecule has 3 aliphatic heterocycles. The van der Waals surface area contributed by atoms with Gasteiger partial charge in [-0.2, -0.15) is 0 Å². The fourth-order valence-corrected chi connectivity index (χ4v) is 9.58. The number of nitrogens with zero attached hydrogens (tertiary/aromatic N) is 2. The first-order valence-electron chi connectivity index (χ1n) is 16.3. The standard InChI is InChI=1S/C35H46N4O3S/c1-21-15-22(2)17-24(16-21)31-25(8-10-38-9-7-23(20-38)34(41)39-11-13-42-14-12-39)27-18-30(43-33(27)37-31)35(3,4)19-28-26-5-6-29(28)36-32(26)40/h15-18,23,26,28-29,37H,5-14,19-20H2,1-4H3,(H,36,40). The second-order valence-electron chi connectivity index (χ2n) is 14.2. The van der Waals surface area contributed by atoms with Crippen molar-refractivity contribution in [3.63, 3.8) is 0 Å². The monoisotopic (exact) mass is 602 g/mol. The number of ether oxygens (including phenoxy) is 1. The Labute approximate surface area is 259 Å². The highest BCUT2D eigenvalue weighted by atomic mass is 32.1. The summed E-state index contributed by atoms with van der Waals surface area (Å²) in [6, 6.07) is 9.62. The number of morpholine rings is 1. The van der Waals surface area contributed by atoms with Crippen LogP contribution in [0.25, 0.3) is 21.5 Å². The largest absolute Gasteiger partial charge is 0.378 e. The Hall–Kier alpha value is -2.68. The van der Waals surface area contributed by atoms with Crippen LogP contribution in [-0.4, -0.2) is 78.6 Å². The van der Waals surface area contributed by atoms with E-state index in [9.17, 15) is 9.59 Å². The molecule has 8 heteroatoms. The van der Waals surface area contributed by atoms with Crippen molar-refractivity contribution in [2.45, 2.75) is 71.3 Å². The summed E-state index contributed by atoms with van der Waals surface area (Å²) in [7, 11) is 0. The van der Waals surface area contributed by atoms with Crippen molar-refractivity contribution in [1.82, 2.24) is 20.1 Å². The number of carbonyl (C=O) groups is 2. The summed E-state index contributed by atoms with van der Waals surface area (Å²) in [6.07, 6.45) is 5.10. The number of fused-ring (bicyclic) bond motifs is 3. The van der Waals surface area contributed by atoms with Crippen molar-refractivity contribution >= 4 is 33.4 Å². The minimum absolute atomic E-state index is 0.00170. The van der Waals surface area contributed by atoms with Crippen LogP contribution in [-0.2, 0) is 26.2 Å². The average molecular weight is 603 g/mol. The third-order valence-electron chi connectivity index (χ3n) is 10.6. The molecule has 7 rings (SSSR count). The lowest BCUT2D eigenvalue weighted by atomic mass is 9.78. The predicted octanol–water partition coefficient (Wildman–Crippen LogP) is 5.43. The van der Waals surface area contributed by atoms with Crippen LogP contribution >= 0.6 is 11.3 Å². The highest BCUT2D eigenvalue weighted by Gasteiger charge is 2.49. The van der Waals surface area contributed by atoms with Gasteiger partial charge in [-0.05, 0) is 93.2 Å². The number of aromatic amines is 1. The molecule has 7 nitrogen and oxygen atoms in total. The number of thiophene rings is 1. The topological polar surface area (TPSA) is 77.7 Å². The van der Waals surface area contributed by atoms with Crippen LogP contribution < -0.4 is 5.32 Å². The van der Waals surface area contributed by atoms with Crippen molar-refractivity contribution in [3.8, 4) is 11.3 Å². The molecule has 0 spiro atoms. The van der Waals surface area contributed by atoms with Gasteiger partial charge < -0.3 is 24.8 Å². The van der Waals surface area contributed by atoms with Gasteiger partial charge in [0.1, 0.15) is 4.83 Å². The molecule has 4 fully saturated rings. The molecule has 4 unspecified atom stereocenters. The van der Waals surface area contributed by atoms with Crippen LogP contribution in [0.3, 0.4) is 0 Å². The van der Waals surface area contributed by atoms with Gasteiger partial charge in [0, 0.05) is 48.4 Å². The number of nitrogens with one attached hydrogen (secondary N) is 2. The average Bonchev–Trinajstić information content (AvgIpc) is 3.79. The van der Waals surface area contributed by atoms with E-state index >= 15 is 0 Å². The first-order chi connectivity index (χ1) is 20.7. The maximum Gasteiger partial charge on any atom is 0.227 e. The number of H-pyrrole nitrogens is 1. The van der Waals surface area contributed by atoms with E-state index in [1.54, 1.807) is 0 Å². The fraction of sp³-hybridized carbons (Fsp3) is 0.600. The van der Waals surface area contributed by atoms with Gasteiger partial charge in [-0.15, -0.1) is 11.3 Å². The first-order valence-corrected chi connectivity index (χ1v) is 17.1. The molecule has 3 saturated heterocycles. The van der Waals surface area contributed by atoms with Gasteiger partial charge in [-0.25, -0.2) is 0 Å². The van der Waals surface area contributed by atoms with E-state index in [1.165, 1.54) is 43.0 Å². The van der Waals surface area contributed by atoms with Crippen molar-refractivity contribution in [1.29, 1.82) is 0 Å². The highest BCUT2D eigenvalue weighted by Crippen LogP contribution is 2.48. The predicted molar refractivity (Wildman–Crippen MR) is 173 cm³/mol. The molecule has 1 aromatic carbocycles. The summed E-state index contributed by atoms with van der Waals surface area (Å²) in [4.78, 5) is 36.6. The van der Waals surface area contributed by atoms with Gasteiger partial charge in [0.2, 0.25) is 11.8 Å². The molecule has 2 aromatic heterocycles. The number of piperidine rings is 1. The Morgan fingerprint density at radius 1 is 1.05 bits per heavy atom. The van der Waals surface area contributed by atoms with Crippen molar-refractivity contribution in [3.05, 3.63) is 45.8 Å². The number of likely N-dealkylation sites (tertiary alicyclic amines) is 1. The van der Waals surface area contributed by atoms with Crippen molar-refractivity contribution in [2.24, 2.45) is 17.8 Å². The Morgan fingerprint density at radius 3 is 2.51 bits per heavy atom. The van der Waals surface area contributed by atoms with Crippen LogP contribution in [0.2, 0.25) is 0 Å². The fourth-order valence-electron chi connectivity index (χ4n) is 8.38. The number of benzene rings is 1. The van der Waals surface area contributed by atoms with E-state index in [0.717, 1.165) is 64.8 Å². The van der Waals surface area contributed by atoms with E-state index < -0.39 is 0 Å². The van der Waals surface area contributed by atoms with E-state index in [1.807, 2.05) is 16.2 Å². The molecule has 2 amide bonds. The molecule has 0 radical (unpaired) electrons. The molecule has 2 N–H and O–H groups in total. The molecule has 4 atom stereocenters.